The van der Waals surface area contributed by atoms with Gasteiger partial charge in [0.25, 0.3) is 0 Å². The molecule has 0 saturated carbocycles. The lowest BCUT2D eigenvalue weighted by atomic mass is 10.3. The highest BCUT2D eigenvalue weighted by Crippen LogP contribution is 2.09. The maximum Gasteiger partial charge on any atom is 0.150 e. The van der Waals surface area contributed by atoms with E-state index in [-0.39, 0.29) is 11.5 Å². The third kappa shape index (κ3) is 6.86. The number of ether oxygens (including phenoxy) is 1. The highest BCUT2D eigenvalue weighted by atomic mass is 32.2. The fraction of sp³-hybridized carbons (Fsp3) is 0.643. The number of pyridine rings is 1. The van der Waals surface area contributed by atoms with Crippen LogP contribution in [0.25, 0.3) is 0 Å². The van der Waals surface area contributed by atoms with Gasteiger partial charge < -0.3 is 10.1 Å². The largest absolute Gasteiger partial charge is 0.492 e. The van der Waals surface area contributed by atoms with Crippen LogP contribution in [0.3, 0.4) is 0 Å². The first kappa shape index (κ1) is 16.9. The molecule has 0 radical (unpaired) electrons. The highest BCUT2D eigenvalue weighted by Gasteiger charge is 2.06. The molecule has 0 amide bonds. The van der Waals surface area contributed by atoms with Crippen molar-refractivity contribution in [2.75, 3.05) is 18.1 Å². The summed E-state index contributed by atoms with van der Waals surface area (Å²) in [7, 11) is -2.90. The van der Waals surface area contributed by atoms with Gasteiger partial charge in [-0.1, -0.05) is 20.8 Å². The van der Waals surface area contributed by atoms with E-state index in [0.717, 1.165) is 12.2 Å². The molecule has 6 heteroatoms. The maximum absolute atomic E-state index is 11.3. The third-order valence-corrected chi connectivity index (χ3v) is 4.59. The Balaban J connectivity index is 2.31. The van der Waals surface area contributed by atoms with Gasteiger partial charge in [-0.2, -0.15) is 0 Å². The van der Waals surface area contributed by atoms with Crippen molar-refractivity contribution >= 4 is 9.84 Å². The van der Waals surface area contributed by atoms with Crippen molar-refractivity contribution in [3.63, 3.8) is 0 Å². The Morgan fingerprint density at radius 3 is 2.65 bits per heavy atom. The Morgan fingerprint density at radius 2 is 2.10 bits per heavy atom. The van der Waals surface area contributed by atoms with Gasteiger partial charge in [0.15, 0.2) is 0 Å². The summed E-state index contributed by atoms with van der Waals surface area (Å²) >= 11 is 0. The van der Waals surface area contributed by atoms with Crippen LogP contribution in [-0.2, 0) is 16.4 Å². The van der Waals surface area contributed by atoms with Crippen molar-refractivity contribution in [2.45, 2.75) is 39.8 Å². The summed E-state index contributed by atoms with van der Waals surface area (Å²) in [5.41, 5.74) is 0.958. The molecule has 5 nitrogen and oxygen atoms in total. The van der Waals surface area contributed by atoms with Crippen molar-refractivity contribution in [1.82, 2.24) is 10.3 Å². The van der Waals surface area contributed by atoms with E-state index < -0.39 is 9.84 Å². The van der Waals surface area contributed by atoms with Crippen LogP contribution in [-0.4, -0.2) is 37.6 Å². The molecule has 0 spiro atoms. The zero-order chi connectivity index (χ0) is 15.0. The molecule has 0 atom stereocenters. The predicted molar refractivity (Wildman–Crippen MR) is 80.7 cm³/mol. The second-order valence-corrected chi connectivity index (χ2v) is 7.43. The van der Waals surface area contributed by atoms with Crippen molar-refractivity contribution in [1.29, 1.82) is 0 Å². The van der Waals surface area contributed by atoms with Crippen LogP contribution in [0.2, 0.25) is 0 Å². The van der Waals surface area contributed by atoms with Gasteiger partial charge in [0, 0.05) is 18.3 Å². The standard InChI is InChI=1S/C14H24N2O3S/c1-4-20(17,18)9-5-8-19-14-7-6-13(16-11-14)10-15-12(2)3/h6-7,11-12,15H,4-5,8-10H2,1-3H3. The summed E-state index contributed by atoms with van der Waals surface area (Å²) in [6.45, 7) is 6.95. The lowest BCUT2D eigenvalue weighted by Gasteiger charge is -2.09. The molecular formula is C14H24N2O3S. The van der Waals surface area contributed by atoms with Crippen LogP contribution in [0.4, 0.5) is 0 Å². The topological polar surface area (TPSA) is 68.3 Å². The Hall–Kier alpha value is -1.14. The van der Waals surface area contributed by atoms with Crippen LogP contribution >= 0.6 is 0 Å². The van der Waals surface area contributed by atoms with E-state index in [4.69, 9.17) is 4.74 Å². The molecular weight excluding hydrogens is 276 g/mol. The van der Waals surface area contributed by atoms with Gasteiger partial charge in [-0.05, 0) is 18.6 Å². The SMILES string of the molecule is CCS(=O)(=O)CCCOc1ccc(CNC(C)C)nc1. The van der Waals surface area contributed by atoms with Crippen LogP contribution < -0.4 is 10.1 Å². The summed E-state index contributed by atoms with van der Waals surface area (Å²) in [5.74, 6) is 1.03. The number of nitrogens with one attached hydrogen (secondary N) is 1. The number of hydrogen-bond donors (Lipinski definition) is 1. The maximum atomic E-state index is 11.3. The smallest absolute Gasteiger partial charge is 0.150 e. The number of nitrogens with zero attached hydrogens (tertiary/aromatic N) is 1. The lowest BCUT2D eigenvalue weighted by molar-refractivity contribution is 0.316. The molecule has 0 fully saturated rings. The Kier molecular flexibility index (Phi) is 6.95. The first-order valence-electron chi connectivity index (χ1n) is 6.94. The zero-order valence-electron chi connectivity index (χ0n) is 12.4. The summed E-state index contributed by atoms with van der Waals surface area (Å²) < 4.78 is 28.1. The molecule has 0 unspecified atom stereocenters. The van der Waals surface area contributed by atoms with Crippen molar-refractivity contribution < 1.29 is 13.2 Å². The minimum Gasteiger partial charge on any atom is -0.492 e. The van der Waals surface area contributed by atoms with Gasteiger partial charge >= 0.3 is 0 Å². The molecule has 1 heterocycles. The molecule has 114 valence electrons. The van der Waals surface area contributed by atoms with E-state index >= 15 is 0 Å². The van der Waals surface area contributed by atoms with Crippen LogP contribution in [0.5, 0.6) is 5.75 Å². The molecule has 1 rings (SSSR count). The van der Waals surface area contributed by atoms with Gasteiger partial charge in [0.05, 0.1) is 24.3 Å². The number of rotatable bonds is 9. The Morgan fingerprint density at radius 1 is 1.35 bits per heavy atom. The van der Waals surface area contributed by atoms with Gasteiger partial charge in [-0.15, -0.1) is 0 Å². The molecule has 1 N–H and O–H groups in total. The summed E-state index contributed by atoms with van der Waals surface area (Å²) in [4.78, 5) is 4.29. The highest BCUT2D eigenvalue weighted by molar-refractivity contribution is 7.91. The number of aromatic nitrogens is 1. The van der Waals surface area contributed by atoms with Crippen LogP contribution in [0.15, 0.2) is 18.3 Å². The minimum atomic E-state index is -2.90. The first-order valence-corrected chi connectivity index (χ1v) is 8.76. The Labute approximate surface area is 121 Å². The van der Waals surface area contributed by atoms with Crippen LogP contribution in [0, 0.1) is 0 Å². The number of sulfone groups is 1. The van der Waals surface area contributed by atoms with Crippen molar-refractivity contribution in [3.8, 4) is 5.75 Å². The van der Waals surface area contributed by atoms with E-state index in [1.807, 2.05) is 12.1 Å². The zero-order valence-corrected chi connectivity index (χ0v) is 13.2. The molecule has 1 aromatic rings. The molecule has 0 saturated heterocycles. The first-order chi connectivity index (χ1) is 9.43. The quantitative estimate of drug-likeness (QED) is 0.704. The van der Waals surface area contributed by atoms with Crippen LogP contribution in [0.1, 0.15) is 32.9 Å². The fourth-order valence-corrected chi connectivity index (χ4v) is 2.37. The molecule has 0 aromatic carbocycles. The van der Waals surface area contributed by atoms with Gasteiger partial charge in [0.1, 0.15) is 15.6 Å². The average Bonchev–Trinajstić information content (AvgIpc) is 2.42. The van der Waals surface area contributed by atoms with Crippen molar-refractivity contribution in [2.24, 2.45) is 0 Å². The molecule has 20 heavy (non-hydrogen) atoms. The van der Waals surface area contributed by atoms with E-state index in [1.165, 1.54) is 0 Å². The summed E-state index contributed by atoms with van der Waals surface area (Å²) in [6.07, 6.45) is 2.18. The summed E-state index contributed by atoms with van der Waals surface area (Å²) in [6, 6.07) is 4.19. The molecule has 0 bridgehead atoms. The second-order valence-electron chi connectivity index (χ2n) is 4.96. The van der Waals surface area contributed by atoms with E-state index in [1.54, 1.807) is 13.1 Å². The lowest BCUT2D eigenvalue weighted by Crippen LogP contribution is -2.22. The fourth-order valence-electron chi connectivity index (χ4n) is 1.52. The number of hydrogen-bond acceptors (Lipinski definition) is 5. The normalized spacial score (nSPS) is 11.8. The molecule has 0 aliphatic rings. The molecule has 1 aromatic heterocycles. The van der Waals surface area contributed by atoms with Gasteiger partial charge in [-0.25, -0.2) is 8.42 Å². The second kappa shape index (κ2) is 8.21. The minimum absolute atomic E-state index is 0.174. The average molecular weight is 300 g/mol. The van der Waals surface area contributed by atoms with E-state index in [0.29, 0.717) is 24.8 Å². The van der Waals surface area contributed by atoms with E-state index in [2.05, 4.69) is 24.1 Å². The van der Waals surface area contributed by atoms with Gasteiger partial charge in [-0.3, -0.25) is 4.98 Å². The predicted octanol–water partition coefficient (Wildman–Crippen LogP) is 1.78. The summed E-state index contributed by atoms with van der Waals surface area (Å²) in [5, 5.41) is 3.29. The van der Waals surface area contributed by atoms with E-state index in [9.17, 15) is 8.42 Å². The third-order valence-electron chi connectivity index (χ3n) is 2.80. The Bertz CT molecular complexity index is 484. The molecule has 0 aliphatic heterocycles. The van der Waals surface area contributed by atoms with Crippen molar-refractivity contribution in [3.05, 3.63) is 24.0 Å². The molecule has 0 aliphatic carbocycles. The van der Waals surface area contributed by atoms with Gasteiger partial charge in [0.2, 0.25) is 0 Å². The monoisotopic (exact) mass is 300 g/mol.